The van der Waals surface area contributed by atoms with Gasteiger partial charge in [0.15, 0.2) is 5.96 Å². The highest BCUT2D eigenvalue weighted by molar-refractivity contribution is 14.0. The number of guanidine groups is 1. The third-order valence-corrected chi connectivity index (χ3v) is 4.74. The van der Waals surface area contributed by atoms with E-state index in [1.165, 1.54) is 16.7 Å². The number of halogens is 2. The number of nitrogens with zero attached hydrogens (tertiary/aromatic N) is 1. The van der Waals surface area contributed by atoms with Crippen LogP contribution in [0.4, 0.5) is 0 Å². The summed E-state index contributed by atoms with van der Waals surface area (Å²) in [6, 6.07) is 14.7. The zero-order valence-electron chi connectivity index (χ0n) is 14.4. The standard InChI is InChI=1S/C19H22BrN3O.HI/c1-13-11-15(20)8-7-14(13)12-22-19(21-2)23-17-9-10-24-18-6-4-3-5-16(17)18;/h3-8,11,17H,9-10,12H2,1-2H3,(H2,21,22,23);1H. The number of nitrogens with one attached hydrogen (secondary N) is 2. The molecule has 1 heterocycles. The number of hydrogen-bond acceptors (Lipinski definition) is 2. The molecular formula is C19H23BrIN3O. The highest BCUT2D eigenvalue weighted by Crippen LogP contribution is 2.31. The Hall–Kier alpha value is -1.28. The van der Waals surface area contributed by atoms with Crippen LogP contribution in [0.2, 0.25) is 0 Å². The van der Waals surface area contributed by atoms with Crippen molar-refractivity contribution in [3.63, 3.8) is 0 Å². The molecule has 2 aromatic rings. The van der Waals surface area contributed by atoms with Crippen LogP contribution in [0.5, 0.6) is 5.75 Å². The third kappa shape index (κ3) is 5.10. The molecular weight excluding hydrogens is 493 g/mol. The Morgan fingerprint density at radius 1 is 1.28 bits per heavy atom. The molecule has 134 valence electrons. The molecule has 4 nitrogen and oxygen atoms in total. The zero-order valence-corrected chi connectivity index (χ0v) is 18.3. The number of ether oxygens (including phenoxy) is 1. The first-order chi connectivity index (χ1) is 11.7. The summed E-state index contributed by atoms with van der Waals surface area (Å²) >= 11 is 3.50. The van der Waals surface area contributed by atoms with Gasteiger partial charge in [0.1, 0.15) is 5.75 Å². The fraction of sp³-hybridized carbons (Fsp3) is 0.316. The Kier molecular flexibility index (Phi) is 7.56. The summed E-state index contributed by atoms with van der Waals surface area (Å²) in [5.74, 6) is 1.76. The predicted octanol–water partition coefficient (Wildman–Crippen LogP) is 4.56. The highest BCUT2D eigenvalue weighted by Gasteiger charge is 2.21. The van der Waals surface area contributed by atoms with Crippen LogP contribution in [0, 0.1) is 6.92 Å². The van der Waals surface area contributed by atoms with Crippen molar-refractivity contribution in [3.05, 3.63) is 63.6 Å². The Morgan fingerprint density at radius 2 is 2.08 bits per heavy atom. The molecule has 6 heteroatoms. The van der Waals surface area contributed by atoms with E-state index in [2.05, 4.69) is 62.7 Å². The van der Waals surface area contributed by atoms with Crippen molar-refractivity contribution in [3.8, 4) is 5.75 Å². The monoisotopic (exact) mass is 515 g/mol. The predicted molar refractivity (Wildman–Crippen MR) is 117 cm³/mol. The first-order valence-electron chi connectivity index (χ1n) is 8.11. The lowest BCUT2D eigenvalue weighted by Gasteiger charge is -2.28. The third-order valence-electron chi connectivity index (χ3n) is 4.24. The molecule has 0 fully saturated rings. The second-order valence-electron chi connectivity index (χ2n) is 5.87. The molecule has 0 aromatic heterocycles. The van der Waals surface area contributed by atoms with E-state index in [0.717, 1.165) is 35.8 Å². The molecule has 0 bridgehead atoms. The van der Waals surface area contributed by atoms with Crippen molar-refractivity contribution < 1.29 is 4.74 Å². The Morgan fingerprint density at radius 3 is 2.84 bits per heavy atom. The Balaban J connectivity index is 0.00000225. The summed E-state index contributed by atoms with van der Waals surface area (Å²) in [5.41, 5.74) is 3.70. The summed E-state index contributed by atoms with van der Waals surface area (Å²) in [4.78, 5) is 4.36. The molecule has 0 aliphatic carbocycles. The molecule has 0 radical (unpaired) electrons. The minimum Gasteiger partial charge on any atom is -0.493 e. The number of benzene rings is 2. The normalized spacial score (nSPS) is 16.3. The fourth-order valence-corrected chi connectivity index (χ4v) is 3.36. The van der Waals surface area contributed by atoms with Gasteiger partial charge in [-0.15, -0.1) is 24.0 Å². The van der Waals surface area contributed by atoms with Gasteiger partial charge in [-0.25, -0.2) is 0 Å². The van der Waals surface area contributed by atoms with E-state index < -0.39 is 0 Å². The Bertz CT molecular complexity index is 751. The maximum atomic E-state index is 5.72. The van der Waals surface area contributed by atoms with E-state index in [4.69, 9.17) is 4.74 Å². The smallest absolute Gasteiger partial charge is 0.191 e. The average molecular weight is 516 g/mol. The van der Waals surface area contributed by atoms with Gasteiger partial charge in [0.25, 0.3) is 0 Å². The van der Waals surface area contributed by atoms with E-state index in [1.54, 1.807) is 7.05 Å². The van der Waals surface area contributed by atoms with Crippen LogP contribution in [0.25, 0.3) is 0 Å². The maximum Gasteiger partial charge on any atom is 0.191 e. The number of aliphatic imine (C=N–C) groups is 1. The van der Waals surface area contributed by atoms with Gasteiger partial charge < -0.3 is 15.4 Å². The maximum absolute atomic E-state index is 5.72. The quantitative estimate of drug-likeness (QED) is 0.358. The first-order valence-corrected chi connectivity index (χ1v) is 8.90. The number of aryl methyl sites for hydroxylation is 1. The van der Waals surface area contributed by atoms with E-state index >= 15 is 0 Å². The van der Waals surface area contributed by atoms with E-state index in [1.807, 2.05) is 18.2 Å². The Labute approximate surface area is 174 Å². The van der Waals surface area contributed by atoms with Crippen molar-refractivity contribution in [2.75, 3.05) is 13.7 Å². The van der Waals surface area contributed by atoms with Crippen LogP contribution in [0.1, 0.15) is 29.2 Å². The van der Waals surface area contributed by atoms with E-state index in [9.17, 15) is 0 Å². The molecule has 1 unspecified atom stereocenters. The van der Waals surface area contributed by atoms with Crippen LogP contribution < -0.4 is 15.4 Å². The largest absolute Gasteiger partial charge is 0.493 e. The number of fused-ring (bicyclic) bond motifs is 1. The number of para-hydroxylation sites is 1. The molecule has 0 amide bonds. The summed E-state index contributed by atoms with van der Waals surface area (Å²) in [7, 11) is 1.80. The van der Waals surface area contributed by atoms with Crippen molar-refractivity contribution >= 4 is 45.9 Å². The fourth-order valence-electron chi connectivity index (χ4n) is 2.89. The van der Waals surface area contributed by atoms with Gasteiger partial charge in [0.2, 0.25) is 0 Å². The van der Waals surface area contributed by atoms with Gasteiger partial charge in [-0.1, -0.05) is 40.2 Å². The summed E-state index contributed by atoms with van der Waals surface area (Å²) in [6.45, 7) is 3.58. The topological polar surface area (TPSA) is 45.7 Å². The minimum atomic E-state index is 0. The SMILES string of the molecule is CN=C(NCc1ccc(Br)cc1C)NC1CCOc2ccccc21.I. The summed E-state index contributed by atoms with van der Waals surface area (Å²) in [5, 5.41) is 6.92. The lowest BCUT2D eigenvalue weighted by molar-refractivity contribution is 0.261. The van der Waals surface area contributed by atoms with Gasteiger partial charge in [-0.05, 0) is 36.2 Å². The number of rotatable bonds is 3. The molecule has 0 saturated carbocycles. The molecule has 25 heavy (non-hydrogen) atoms. The van der Waals surface area contributed by atoms with Gasteiger partial charge in [-0.3, -0.25) is 4.99 Å². The average Bonchev–Trinajstić information content (AvgIpc) is 2.60. The van der Waals surface area contributed by atoms with Crippen molar-refractivity contribution in [1.82, 2.24) is 10.6 Å². The zero-order chi connectivity index (χ0) is 16.9. The van der Waals surface area contributed by atoms with Gasteiger partial charge in [-0.2, -0.15) is 0 Å². The molecule has 1 aliphatic rings. The first kappa shape index (κ1) is 20.0. The highest BCUT2D eigenvalue weighted by atomic mass is 127. The molecule has 1 aliphatic heterocycles. The van der Waals surface area contributed by atoms with Crippen LogP contribution in [0.3, 0.4) is 0 Å². The molecule has 3 rings (SSSR count). The van der Waals surface area contributed by atoms with E-state index in [0.29, 0.717) is 0 Å². The van der Waals surface area contributed by atoms with Crippen molar-refractivity contribution in [2.24, 2.45) is 4.99 Å². The summed E-state index contributed by atoms with van der Waals surface area (Å²) in [6.07, 6.45) is 0.926. The summed E-state index contributed by atoms with van der Waals surface area (Å²) < 4.78 is 6.82. The molecule has 2 aromatic carbocycles. The van der Waals surface area contributed by atoms with Crippen LogP contribution in [-0.4, -0.2) is 19.6 Å². The second kappa shape index (κ2) is 9.43. The van der Waals surface area contributed by atoms with Gasteiger partial charge in [0.05, 0.1) is 12.6 Å². The van der Waals surface area contributed by atoms with Crippen molar-refractivity contribution in [1.29, 1.82) is 0 Å². The molecule has 1 atom stereocenters. The lowest BCUT2D eigenvalue weighted by atomic mass is 10.0. The van der Waals surface area contributed by atoms with Crippen LogP contribution in [-0.2, 0) is 6.54 Å². The van der Waals surface area contributed by atoms with Crippen molar-refractivity contribution in [2.45, 2.75) is 25.9 Å². The van der Waals surface area contributed by atoms with Crippen LogP contribution in [0.15, 0.2) is 51.9 Å². The lowest BCUT2D eigenvalue weighted by Crippen LogP contribution is -2.40. The van der Waals surface area contributed by atoms with Gasteiger partial charge in [0, 0.05) is 30.0 Å². The molecule has 0 spiro atoms. The van der Waals surface area contributed by atoms with E-state index in [-0.39, 0.29) is 30.0 Å². The minimum absolute atomic E-state index is 0. The molecule has 0 saturated heterocycles. The second-order valence-corrected chi connectivity index (χ2v) is 6.78. The van der Waals surface area contributed by atoms with Gasteiger partial charge >= 0.3 is 0 Å². The van der Waals surface area contributed by atoms with Crippen LogP contribution >= 0.6 is 39.9 Å². The molecule has 2 N–H and O–H groups in total. The number of hydrogen-bond donors (Lipinski definition) is 2.